The molecule has 26 heavy (non-hydrogen) atoms. The molecule has 0 aromatic carbocycles. The van der Waals surface area contributed by atoms with Crippen LogP contribution in [0.25, 0.3) is 0 Å². The molecular weight excluding hydrogens is 312 g/mol. The van der Waals surface area contributed by atoms with Crippen molar-refractivity contribution in [2.75, 3.05) is 0 Å². The summed E-state index contributed by atoms with van der Waals surface area (Å²) in [6.45, 7) is 14.6. The van der Waals surface area contributed by atoms with E-state index in [1.165, 1.54) is 77.0 Å². The minimum atomic E-state index is 0.566. The average molecular weight is 361 g/mol. The van der Waals surface area contributed by atoms with Crippen molar-refractivity contribution in [2.24, 2.45) is 46.3 Å². The first-order valence-corrected chi connectivity index (χ1v) is 12.2. The maximum Gasteiger partial charge on any atom is -0.0334 e. The lowest BCUT2D eigenvalue weighted by atomic mass is 9.69. The van der Waals surface area contributed by atoms with E-state index in [4.69, 9.17) is 0 Å². The summed E-state index contributed by atoms with van der Waals surface area (Å²) in [5.74, 6) is 6.45. The standard InChI is InChI=1S/2C13H24/c2*1-13(2,3)12-9-8-10-6-4-5-7-11(10)12/h2*10-12H,4-9H2,1-3H3. The monoisotopic (exact) mass is 360 g/mol. The molecule has 0 spiro atoms. The molecule has 4 aliphatic rings. The van der Waals surface area contributed by atoms with Gasteiger partial charge in [-0.15, -0.1) is 0 Å². The molecule has 4 saturated carbocycles. The number of fused-ring (bicyclic) bond motifs is 2. The molecule has 4 aliphatic carbocycles. The zero-order valence-electron chi connectivity index (χ0n) is 18.9. The van der Waals surface area contributed by atoms with Gasteiger partial charge in [0, 0.05) is 0 Å². The fraction of sp³-hybridized carbons (Fsp3) is 1.00. The molecule has 0 aliphatic heterocycles. The summed E-state index contributed by atoms with van der Waals surface area (Å²) in [5.41, 5.74) is 1.13. The highest BCUT2D eigenvalue weighted by Gasteiger charge is 2.43. The van der Waals surface area contributed by atoms with Crippen LogP contribution in [-0.4, -0.2) is 0 Å². The summed E-state index contributed by atoms with van der Waals surface area (Å²) >= 11 is 0. The number of rotatable bonds is 0. The van der Waals surface area contributed by atoms with Crippen molar-refractivity contribution >= 4 is 0 Å². The molecule has 6 unspecified atom stereocenters. The highest BCUT2D eigenvalue weighted by atomic mass is 14.5. The van der Waals surface area contributed by atoms with E-state index >= 15 is 0 Å². The minimum absolute atomic E-state index is 0.566. The molecule has 0 bridgehead atoms. The van der Waals surface area contributed by atoms with Gasteiger partial charge in [-0.2, -0.15) is 0 Å². The lowest BCUT2D eigenvalue weighted by molar-refractivity contribution is 0.133. The van der Waals surface area contributed by atoms with E-state index in [9.17, 15) is 0 Å². The second-order valence-electron chi connectivity index (χ2n) is 12.5. The molecule has 0 amide bonds. The van der Waals surface area contributed by atoms with Crippen LogP contribution in [0.15, 0.2) is 0 Å². The second-order valence-corrected chi connectivity index (χ2v) is 12.5. The van der Waals surface area contributed by atoms with Gasteiger partial charge in [0.15, 0.2) is 0 Å². The van der Waals surface area contributed by atoms with E-state index in [2.05, 4.69) is 41.5 Å². The van der Waals surface area contributed by atoms with Gasteiger partial charge < -0.3 is 0 Å². The van der Waals surface area contributed by atoms with E-state index in [1.807, 2.05) is 0 Å². The molecule has 4 rings (SSSR count). The third-order valence-corrected chi connectivity index (χ3v) is 8.89. The van der Waals surface area contributed by atoms with Crippen LogP contribution in [0.4, 0.5) is 0 Å². The largest absolute Gasteiger partial charge is 0.0599 e. The Morgan fingerprint density at radius 3 is 1.12 bits per heavy atom. The van der Waals surface area contributed by atoms with Crippen molar-refractivity contribution in [2.45, 2.75) is 119 Å². The van der Waals surface area contributed by atoms with E-state index in [0.29, 0.717) is 10.8 Å². The van der Waals surface area contributed by atoms with Crippen LogP contribution in [0.1, 0.15) is 119 Å². The second kappa shape index (κ2) is 8.16. The maximum atomic E-state index is 2.44. The van der Waals surface area contributed by atoms with Gasteiger partial charge in [-0.1, -0.05) is 80.1 Å². The summed E-state index contributed by atoms with van der Waals surface area (Å²) in [7, 11) is 0. The van der Waals surface area contributed by atoms with Crippen molar-refractivity contribution in [3.05, 3.63) is 0 Å². The van der Waals surface area contributed by atoms with Crippen LogP contribution in [0.2, 0.25) is 0 Å². The Labute approximate surface area is 165 Å². The normalized spacial score (nSPS) is 40.4. The highest BCUT2D eigenvalue weighted by Crippen LogP contribution is 2.53. The Hall–Kier alpha value is 0. The molecular formula is C26H48. The molecule has 0 radical (unpaired) electrons. The minimum Gasteiger partial charge on any atom is -0.0599 e. The summed E-state index contributed by atoms with van der Waals surface area (Å²) in [6.07, 6.45) is 18.3. The summed E-state index contributed by atoms with van der Waals surface area (Å²) in [5, 5.41) is 0. The van der Waals surface area contributed by atoms with E-state index < -0.39 is 0 Å². The molecule has 6 atom stereocenters. The predicted octanol–water partition coefficient (Wildman–Crippen LogP) is 8.50. The molecule has 0 heterocycles. The van der Waals surface area contributed by atoms with Crippen molar-refractivity contribution in [3.8, 4) is 0 Å². The molecule has 0 aromatic heterocycles. The van der Waals surface area contributed by atoms with Gasteiger partial charge in [-0.05, 0) is 84.9 Å². The van der Waals surface area contributed by atoms with Crippen LogP contribution < -0.4 is 0 Å². The van der Waals surface area contributed by atoms with Crippen LogP contribution in [0, 0.1) is 46.3 Å². The first-order chi connectivity index (χ1) is 12.2. The van der Waals surface area contributed by atoms with Crippen molar-refractivity contribution in [3.63, 3.8) is 0 Å². The van der Waals surface area contributed by atoms with Gasteiger partial charge in [0.1, 0.15) is 0 Å². The Bertz CT molecular complexity index is 392. The van der Waals surface area contributed by atoms with Gasteiger partial charge in [0.25, 0.3) is 0 Å². The first kappa shape index (κ1) is 20.7. The van der Waals surface area contributed by atoms with Crippen molar-refractivity contribution in [1.82, 2.24) is 0 Å². The van der Waals surface area contributed by atoms with E-state index in [-0.39, 0.29) is 0 Å². The number of hydrogen-bond donors (Lipinski definition) is 0. The first-order valence-electron chi connectivity index (χ1n) is 12.2. The summed E-state index contributed by atoms with van der Waals surface area (Å²) < 4.78 is 0. The van der Waals surface area contributed by atoms with Crippen LogP contribution in [0.5, 0.6) is 0 Å². The van der Waals surface area contributed by atoms with Crippen LogP contribution >= 0.6 is 0 Å². The zero-order valence-corrected chi connectivity index (χ0v) is 18.9. The molecule has 0 saturated heterocycles. The van der Waals surface area contributed by atoms with Crippen LogP contribution in [0.3, 0.4) is 0 Å². The smallest absolute Gasteiger partial charge is 0.0334 e. The fourth-order valence-corrected chi connectivity index (χ4v) is 7.61. The maximum absolute atomic E-state index is 2.44. The van der Waals surface area contributed by atoms with Gasteiger partial charge in [0.2, 0.25) is 0 Å². The molecule has 4 fully saturated rings. The van der Waals surface area contributed by atoms with E-state index in [0.717, 1.165) is 35.5 Å². The summed E-state index contributed by atoms with van der Waals surface area (Å²) in [4.78, 5) is 0. The Kier molecular flexibility index (Phi) is 6.51. The van der Waals surface area contributed by atoms with Gasteiger partial charge in [0.05, 0.1) is 0 Å². The zero-order chi connectivity index (χ0) is 18.9. The molecule has 0 nitrogen and oxygen atoms in total. The predicted molar refractivity (Wildman–Crippen MR) is 115 cm³/mol. The van der Waals surface area contributed by atoms with Crippen LogP contribution in [-0.2, 0) is 0 Å². The highest BCUT2D eigenvalue weighted by molar-refractivity contribution is 4.93. The van der Waals surface area contributed by atoms with Gasteiger partial charge >= 0.3 is 0 Å². The lowest BCUT2D eigenvalue weighted by Crippen LogP contribution is -2.28. The summed E-state index contributed by atoms with van der Waals surface area (Å²) in [6, 6.07) is 0. The topological polar surface area (TPSA) is 0 Å². The Morgan fingerprint density at radius 2 is 0.769 bits per heavy atom. The van der Waals surface area contributed by atoms with Gasteiger partial charge in [-0.25, -0.2) is 0 Å². The quantitative estimate of drug-likeness (QED) is 0.406. The average Bonchev–Trinajstić information content (AvgIpc) is 3.19. The third kappa shape index (κ3) is 4.70. The van der Waals surface area contributed by atoms with Crippen molar-refractivity contribution in [1.29, 1.82) is 0 Å². The Balaban J connectivity index is 0.000000151. The molecule has 0 N–H and O–H groups in total. The lowest BCUT2D eigenvalue weighted by Gasteiger charge is -2.36. The fourth-order valence-electron chi connectivity index (χ4n) is 7.61. The number of hydrogen-bond acceptors (Lipinski definition) is 0. The van der Waals surface area contributed by atoms with Gasteiger partial charge in [-0.3, -0.25) is 0 Å². The van der Waals surface area contributed by atoms with Crippen molar-refractivity contribution < 1.29 is 0 Å². The molecule has 0 heteroatoms. The molecule has 0 aromatic rings. The Morgan fingerprint density at radius 1 is 0.423 bits per heavy atom. The SMILES string of the molecule is CC(C)(C)C1CCC2CCCCC21.CC(C)(C)C1CCC2CCCCC21. The molecule has 152 valence electrons. The van der Waals surface area contributed by atoms with E-state index in [1.54, 1.807) is 0 Å². The third-order valence-electron chi connectivity index (χ3n) is 8.89.